The van der Waals surface area contributed by atoms with Gasteiger partial charge in [-0.05, 0) is 25.2 Å². The van der Waals surface area contributed by atoms with Crippen LogP contribution in [0.4, 0.5) is 0 Å². The number of esters is 1. The van der Waals surface area contributed by atoms with Crippen molar-refractivity contribution < 1.29 is 34.1 Å². The third kappa shape index (κ3) is 10.9. The molecule has 0 bridgehead atoms. The van der Waals surface area contributed by atoms with Crippen molar-refractivity contribution in [3.63, 3.8) is 0 Å². The van der Waals surface area contributed by atoms with E-state index in [0.717, 1.165) is 25.7 Å². The number of hydrogen-bond donors (Lipinski definition) is 5. The second-order valence-electron chi connectivity index (χ2n) is 11.1. The molecule has 1 heterocycles. The van der Waals surface area contributed by atoms with Gasteiger partial charge in [0.2, 0.25) is 17.7 Å². The van der Waals surface area contributed by atoms with Crippen LogP contribution >= 0.6 is 0 Å². The molecular weight excluding hydrogens is 490 g/mol. The van der Waals surface area contributed by atoms with Crippen molar-refractivity contribution in [2.24, 2.45) is 17.8 Å². The van der Waals surface area contributed by atoms with Crippen molar-refractivity contribution in [1.29, 1.82) is 0 Å². The molecule has 10 heteroatoms. The van der Waals surface area contributed by atoms with Gasteiger partial charge in [-0.2, -0.15) is 0 Å². The van der Waals surface area contributed by atoms with E-state index in [2.05, 4.69) is 22.9 Å². The zero-order chi connectivity index (χ0) is 28.8. The van der Waals surface area contributed by atoms with Gasteiger partial charge in [0.1, 0.15) is 18.2 Å². The summed E-state index contributed by atoms with van der Waals surface area (Å²) in [5.74, 6) is -4.05. The Morgan fingerprint density at radius 3 is 1.84 bits per heavy atom. The summed E-state index contributed by atoms with van der Waals surface area (Å²) in [6, 6.07) is -3.76. The highest BCUT2D eigenvalue weighted by Gasteiger charge is 2.39. The maximum atomic E-state index is 13.3. The summed E-state index contributed by atoms with van der Waals surface area (Å²) in [5.41, 5.74) is 0. The molecule has 0 aromatic rings. The first-order valence-corrected chi connectivity index (χ1v) is 14.3. The Hall–Kier alpha value is -2.20. The number of rotatable bonds is 13. The smallest absolute Gasteiger partial charge is 0.331 e. The average Bonchev–Trinajstić information content (AvgIpc) is 2.87. The van der Waals surface area contributed by atoms with Gasteiger partial charge in [0, 0.05) is 0 Å². The van der Waals surface area contributed by atoms with E-state index < -0.39 is 66.5 Å². The van der Waals surface area contributed by atoms with Crippen LogP contribution in [0.3, 0.4) is 0 Å². The minimum atomic E-state index is -1.41. The van der Waals surface area contributed by atoms with Gasteiger partial charge in [0.25, 0.3) is 0 Å². The number of carbonyl (C=O) groups is 4. The molecular formula is C28H51N3O7. The lowest BCUT2D eigenvalue weighted by molar-refractivity contribution is -0.162. The van der Waals surface area contributed by atoms with Crippen LogP contribution in [0.25, 0.3) is 0 Å². The number of amides is 3. The molecule has 0 saturated carbocycles. The van der Waals surface area contributed by atoms with E-state index >= 15 is 0 Å². The number of unbranched alkanes of at least 4 members (excludes halogenated alkanes) is 7. The summed E-state index contributed by atoms with van der Waals surface area (Å²) < 4.78 is 5.76. The molecule has 10 nitrogen and oxygen atoms in total. The third-order valence-electron chi connectivity index (χ3n) is 7.33. The van der Waals surface area contributed by atoms with Gasteiger partial charge >= 0.3 is 5.97 Å². The highest BCUT2D eigenvalue weighted by atomic mass is 16.5. The zero-order valence-corrected chi connectivity index (χ0v) is 24.1. The van der Waals surface area contributed by atoms with E-state index in [9.17, 15) is 29.4 Å². The second-order valence-corrected chi connectivity index (χ2v) is 11.1. The van der Waals surface area contributed by atoms with Gasteiger partial charge in [0.05, 0.1) is 18.6 Å². The molecule has 38 heavy (non-hydrogen) atoms. The van der Waals surface area contributed by atoms with Crippen molar-refractivity contribution in [3.8, 4) is 0 Å². The summed E-state index contributed by atoms with van der Waals surface area (Å²) in [7, 11) is 0. The Labute approximate surface area is 228 Å². The van der Waals surface area contributed by atoms with Crippen LogP contribution < -0.4 is 16.0 Å². The van der Waals surface area contributed by atoms with Crippen molar-refractivity contribution in [2.75, 3.05) is 6.61 Å². The molecule has 1 aliphatic heterocycles. The monoisotopic (exact) mass is 541 g/mol. The van der Waals surface area contributed by atoms with Crippen molar-refractivity contribution >= 4 is 23.7 Å². The molecule has 0 unspecified atom stereocenters. The number of hydrogen-bond acceptors (Lipinski definition) is 7. The van der Waals surface area contributed by atoms with Crippen LogP contribution in [-0.2, 0) is 23.9 Å². The number of cyclic esters (lactones) is 1. The number of carbonyl (C=O) groups excluding carboxylic acids is 4. The average molecular weight is 542 g/mol. The standard InChI is InChI=1S/C28H51N3O7/c1-7-8-9-10-11-12-13-14-15-18(4)24-19(5)25(34)30-22(17(2)3)26(35)31-23(20(6)33)27(36)29-21(16-32)28(37)38-24/h17-24,32-33H,7-16H2,1-6H3,(H,29,36)(H,30,34)(H,31,35)/t18-,19-,20-,21-,22+,23-,24-/m0/s1. The van der Waals surface area contributed by atoms with Crippen molar-refractivity contribution in [2.45, 2.75) is 130 Å². The SMILES string of the molecule is CCCCCCCCCC[C@H](C)[C@@H]1OC(=O)[C@H](CO)NC(=O)[C@H]([C@H](C)O)NC(=O)[C@@H](C(C)C)NC(=O)[C@H]1C. The topological polar surface area (TPSA) is 154 Å². The number of ether oxygens (including phenoxy) is 1. The molecule has 1 rings (SSSR count). The molecule has 220 valence electrons. The number of aliphatic hydroxyl groups excluding tert-OH is 2. The van der Waals surface area contributed by atoms with Gasteiger partial charge in [-0.3, -0.25) is 14.4 Å². The largest absolute Gasteiger partial charge is 0.460 e. The molecule has 5 N–H and O–H groups in total. The summed E-state index contributed by atoms with van der Waals surface area (Å²) in [4.78, 5) is 52.1. The Kier molecular flexibility index (Phi) is 15.5. The summed E-state index contributed by atoms with van der Waals surface area (Å²) in [6.45, 7) is 9.87. The Morgan fingerprint density at radius 1 is 0.789 bits per heavy atom. The Morgan fingerprint density at radius 2 is 1.32 bits per heavy atom. The fourth-order valence-corrected chi connectivity index (χ4v) is 4.75. The Bertz CT molecular complexity index is 759. The molecule has 3 amide bonds. The van der Waals surface area contributed by atoms with Crippen LogP contribution in [0.2, 0.25) is 0 Å². The lowest BCUT2D eigenvalue weighted by Gasteiger charge is -2.31. The first kappa shape index (κ1) is 33.8. The van der Waals surface area contributed by atoms with Gasteiger partial charge in [-0.15, -0.1) is 0 Å². The van der Waals surface area contributed by atoms with Crippen molar-refractivity contribution in [1.82, 2.24) is 16.0 Å². The molecule has 0 radical (unpaired) electrons. The molecule has 0 spiro atoms. The normalized spacial score (nSPS) is 27.2. The van der Waals surface area contributed by atoms with E-state index in [1.54, 1.807) is 20.8 Å². The molecule has 0 aliphatic carbocycles. The molecule has 1 fully saturated rings. The van der Waals surface area contributed by atoms with Gasteiger partial charge in [-0.25, -0.2) is 4.79 Å². The minimum Gasteiger partial charge on any atom is -0.460 e. The lowest BCUT2D eigenvalue weighted by atomic mass is 9.88. The van der Waals surface area contributed by atoms with Gasteiger partial charge in [0.15, 0.2) is 6.04 Å². The summed E-state index contributed by atoms with van der Waals surface area (Å²) in [6.07, 6.45) is 7.88. The minimum absolute atomic E-state index is 0.170. The quantitative estimate of drug-likeness (QED) is 0.177. The molecule has 7 atom stereocenters. The zero-order valence-electron chi connectivity index (χ0n) is 24.1. The molecule has 0 aromatic carbocycles. The first-order valence-electron chi connectivity index (χ1n) is 14.3. The third-order valence-corrected chi connectivity index (χ3v) is 7.33. The molecule has 1 saturated heterocycles. The number of aliphatic hydroxyl groups is 2. The van der Waals surface area contributed by atoms with Gasteiger partial charge < -0.3 is 30.9 Å². The van der Waals surface area contributed by atoms with E-state index in [-0.39, 0.29) is 11.8 Å². The first-order chi connectivity index (χ1) is 17.9. The van der Waals surface area contributed by atoms with E-state index in [1.807, 2.05) is 6.92 Å². The van der Waals surface area contributed by atoms with Crippen molar-refractivity contribution in [3.05, 3.63) is 0 Å². The predicted molar refractivity (Wildman–Crippen MR) is 145 cm³/mol. The van der Waals surface area contributed by atoms with Crippen LogP contribution in [0.1, 0.15) is 99.3 Å². The maximum Gasteiger partial charge on any atom is 0.331 e. The van der Waals surface area contributed by atoms with E-state index in [1.165, 1.54) is 39.0 Å². The van der Waals surface area contributed by atoms with Crippen LogP contribution in [0.15, 0.2) is 0 Å². The predicted octanol–water partition coefficient (Wildman–Crippen LogP) is 2.20. The van der Waals surface area contributed by atoms with E-state index in [4.69, 9.17) is 4.74 Å². The van der Waals surface area contributed by atoms with Crippen LogP contribution in [0, 0.1) is 17.8 Å². The Balaban J connectivity index is 3.10. The summed E-state index contributed by atoms with van der Waals surface area (Å²) in [5, 5.41) is 27.5. The fourth-order valence-electron chi connectivity index (χ4n) is 4.75. The highest BCUT2D eigenvalue weighted by Crippen LogP contribution is 2.24. The van der Waals surface area contributed by atoms with Gasteiger partial charge in [-0.1, -0.05) is 86.0 Å². The van der Waals surface area contributed by atoms with Crippen LogP contribution in [0.5, 0.6) is 0 Å². The fraction of sp³-hybridized carbons (Fsp3) is 0.857. The number of nitrogens with one attached hydrogen (secondary N) is 3. The highest BCUT2D eigenvalue weighted by molar-refractivity contribution is 5.94. The summed E-state index contributed by atoms with van der Waals surface area (Å²) >= 11 is 0. The van der Waals surface area contributed by atoms with E-state index in [0.29, 0.717) is 0 Å². The maximum absolute atomic E-state index is 13.3. The van der Waals surface area contributed by atoms with Crippen LogP contribution in [-0.4, -0.2) is 70.8 Å². The second kappa shape index (κ2) is 17.4. The molecule has 1 aliphatic rings. The lowest BCUT2D eigenvalue weighted by Crippen LogP contribution is -2.60. The molecule has 0 aromatic heterocycles.